The molecule has 1 aromatic rings. The van der Waals surface area contributed by atoms with Crippen LogP contribution in [0.15, 0.2) is 24.3 Å². The molecule has 0 unspecified atom stereocenters. The van der Waals surface area contributed by atoms with Crippen LogP contribution in [0.5, 0.6) is 0 Å². The average molecular weight is 307 g/mol. The van der Waals surface area contributed by atoms with Crippen molar-refractivity contribution in [3.63, 3.8) is 0 Å². The smallest absolute Gasteiger partial charge is 0.410 e. The molecule has 0 saturated carbocycles. The van der Waals surface area contributed by atoms with Gasteiger partial charge in [-0.2, -0.15) is 0 Å². The molecule has 7 heteroatoms. The number of rotatable bonds is 3. The number of ether oxygens (including phenoxy) is 1. The van der Waals surface area contributed by atoms with Crippen molar-refractivity contribution in [2.24, 2.45) is 0 Å². The van der Waals surface area contributed by atoms with Crippen molar-refractivity contribution in [1.82, 2.24) is 4.90 Å². The van der Waals surface area contributed by atoms with Gasteiger partial charge in [-0.25, -0.2) is 4.79 Å². The van der Waals surface area contributed by atoms with Crippen LogP contribution in [0.4, 0.5) is 16.2 Å². The lowest BCUT2D eigenvalue weighted by Crippen LogP contribution is -2.36. The first kappa shape index (κ1) is 16.1. The van der Waals surface area contributed by atoms with Crippen molar-refractivity contribution in [1.29, 1.82) is 0 Å². The Morgan fingerprint density at radius 2 is 2.09 bits per heavy atom. The summed E-state index contributed by atoms with van der Waals surface area (Å²) in [5.41, 5.74) is -0.0115. The van der Waals surface area contributed by atoms with E-state index < -0.39 is 10.5 Å². The molecule has 1 atom stereocenters. The summed E-state index contributed by atoms with van der Waals surface area (Å²) in [4.78, 5) is 24.2. The van der Waals surface area contributed by atoms with Crippen molar-refractivity contribution in [3.8, 4) is 0 Å². The van der Waals surface area contributed by atoms with Gasteiger partial charge in [0.1, 0.15) is 11.3 Å². The zero-order valence-electron chi connectivity index (χ0n) is 13.0. The molecule has 1 aliphatic rings. The highest BCUT2D eigenvalue weighted by atomic mass is 16.6. The van der Waals surface area contributed by atoms with Gasteiger partial charge in [0.25, 0.3) is 5.69 Å². The van der Waals surface area contributed by atoms with Gasteiger partial charge >= 0.3 is 6.09 Å². The van der Waals surface area contributed by atoms with Gasteiger partial charge in [0.15, 0.2) is 0 Å². The predicted molar refractivity (Wildman–Crippen MR) is 82.9 cm³/mol. The number of nitro groups is 1. The third-order valence-electron chi connectivity index (χ3n) is 3.30. The zero-order chi connectivity index (χ0) is 16.3. The summed E-state index contributed by atoms with van der Waals surface area (Å²) in [5, 5.41) is 14.2. The second-order valence-electron chi connectivity index (χ2n) is 6.33. The van der Waals surface area contributed by atoms with E-state index in [1.807, 2.05) is 20.8 Å². The molecule has 1 aromatic carbocycles. The summed E-state index contributed by atoms with van der Waals surface area (Å²) < 4.78 is 5.33. The molecule has 1 fully saturated rings. The summed E-state index contributed by atoms with van der Waals surface area (Å²) in [6.45, 7) is 6.52. The molecule has 0 aliphatic carbocycles. The number of nitrogens with one attached hydrogen (secondary N) is 1. The summed E-state index contributed by atoms with van der Waals surface area (Å²) in [5.74, 6) is 0. The molecular formula is C15H21N3O4. The van der Waals surface area contributed by atoms with Gasteiger partial charge in [0.2, 0.25) is 0 Å². The van der Waals surface area contributed by atoms with E-state index in [0.29, 0.717) is 18.8 Å². The minimum absolute atomic E-state index is 0.0198. The third-order valence-corrected chi connectivity index (χ3v) is 3.30. The van der Waals surface area contributed by atoms with E-state index in [-0.39, 0.29) is 17.8 Å². The zero-order valence-corrected chi connectivity index (χ0v) is 13.0. The molecular weight excluding hydrogens is 286 g/mol. The molecule has 120 valence electrons. The minimum Gasteiger partial charge on any atom is -0.444 e. The van der Waals surface area contributed by atoms with Crippen molar-refractivity contribution in [3.05, 3.63) is 34.4 Å². The molecule has 0 radical (unpaired) electrons. The van der Waals surface area contributed by atoms with Crippen LogP contribution < -0.4 is 5.32 Å². The maximum atomic E-state index is 12.0. The van der Waals surface area contributed by atoms with Crippen molar-refractivity contribution < 1.29 is 14.5 Å². The molecule has 1 aliphatic heterocycles. The Hall–Kier alpha value is -2.31. The van der Waals surface area contributed by atoms with Crippen molar-refractivity contribution in [2.75, 3.05) is 18.4 Å². The van der Waals surface area contributed by atoms with E-state index in [2.05, 4.69) is 5.32 Å². The van der Waals surface area contributed by atoms with E-state index >= 15 is 0 Å². The van der Waals surface area contributed by atoms with Gasteiger partial charge < -0.3 is 15.0 Å². The van der Waals surface area contributed by atoms with Gasteiger partial charge in [0, 0.05) is 25.2 Å². The lowest BCUT2D eigenvalue weighted by atomic mass is 10.2. The molecule has 2 rings (SSSR count). The number of carbonyl (C=O) groups is 1. The van der Waals surface area contributed by atoms with Crippen LogP contribution in [0.3, 0.4) is 0 Å². The maximum absolute atomic E-state index is 12.0. The number of likely N-dealkylation sites (tertiary alicyclic amines) is 1. The fourth-order valence-corrected chi connectivity index (χ4v) is 2.35. The van der Waals surface area contributed by atoms with E-state index in [4.69, 9.17) is 4.74 Å². The molecule has 0 aromatic heterocycles. The minimum atomic E-state index is -0.527. The van der Waals surface area contributed by atoms with Crippen LogP contribution >= 0.6 is 0 Å². The molecule has 1 saturated heterocycles. The highest BCUT2D eigenvalue weighted by Crippen LogP contribution is 2.26. The highest BCUT2D eigenvalue weighted by Gasteiger charge is 2.30. The molecule has 7 nitrogen and oxygen atoms in total. The van der Waals surface area contributed by atoms with E-state index in [9.17, 15) is 14.9 Å². The summed E-state index contributed by atoms with van der Waals surface area (Å²) in [6.07, 6.45) is 0.380. The Bertz CT molecular complexity index is 568. The Balaban J connectivity index is 1.97. The van der Waals surface area contributed by atoms with Crippen LogP contribution in [-0.2, 0) is 4.74 Å². The standard InChI is InChI=1S/C15H21N3O4/c1-15(2,3)22-14(19)17-9-8-11(10-17)16-12-6-4-5-7-13(12)18(20)21/h4-7,11,16H,8-10H2,1-3H3/t11-/m0/s1. The van der Waals surface area contributed by atoms with Crippen LogP contribution in [0.1, 0.15) is 27.2 Å². The number of benzene rings is 1. The Kier molecular flexibility index (Phi) is 4.54. The van der Waals surface area contributed by atoms with Gasteiger partial charge in [-0.15, -0.1) is 0 Å². The molecule has 0 bridgehead atoms. The van der Waals surface area contributed by atoms with E-state index in [1.54, 1.807) is 23.1 Å². The largest absolute Gasteiger partial charge is 0.444 e. The van der Waals surface area contributed by atoms with Gasteiger partial charge in [-0.3, -0.25) is 10.1 Å². The SMILES string of the molecule is CC(C)(C)OC(=O)N1CC[C@H](Nc2ccccc2[N+](=O)[O-])C1. The lowest BCUT2D eigenvalue weighted by molar-refractivity contribution is -0.384. The summed E-state index contributed by atoms with van der Waals surface area (Å²) >= 11 is 0. The van der Waals surface area contributed by atoms with Crippen LogP contribution in [-0.4, -0.2) is 40.6 Å². The average Bonchev–Trinajstić information content (AvgIpc) is 2.86. The number of carbonyl (C=O) groups excluding carboxylic acids is 1. The molecule has 1 amide bonds. The van der Waals surface area contributed by atoms with E-state index in [0.717, 1.165) is 6.42 Å². The molecule has 0 spiro atoms. The maximum Gasteiger partial charge on any atom is 0.410 e. The summed E-state index contributed by atoms with van der Waals surface area (Å²) in [6, 6.07) is 6.49. The molecule has 1 heterocycles. The Morgan fingerprint density at radius 1 is 1.41 bits per heavy atom. The number of nitro benzene ring substituents is 1. The number of nitrogens with zero attached hydrogens (tertiary/aromatic N) is 2. The van der Waals surface area contributed by atoms with Gasteiger partial charge in [-0.05, 0) is 33.3 Å². The van der Waals surface area contributed by atoms with Gasteiger partial charge in [0.05, 0.1) is 4.92 Å². The fraction of sp³-hybridized carbons (Fsp3) is 0.533. The first-order valence-electron chi connectivity index (χ1n) is 7.24. The third kappa shape index (κ3) is 4.09. The monoisotopic (exact) mass is 307 g/mol. The highest BCUT2D eigenvalue weighted by molar-refractivity contribution is 5.69. The molecule has 1 N–H and O–H groups in total. The number of para-hydroxylation sites is 2. The first-order valence-corrected chi connectivity index (χ1v) is 7.24. The fourth-order valence-electron chi connectivity index (χ4n) is 2.35. The Morgan fingerprint density at radius 3 is 2.73 bits per heavy atom. The lowest BCUT2D eigenvalue weighted by Gasteiger charge is -2.24. The predicted octanol–water partition coefficient (Wildman–Crippen LogP) is 3.02. The van der Waals surface area contributed by atoms with Crippen LogP contribution in [0.25, 0.3) is 0 Å². The second-order valence-corrected chi connectivity index (χ2v) is 6.33. The quantitative estimate of drug-likeness (QED) is 0.685. The van der Waals surface area contributed by atoms with E-state index in [1.165, 1.54) is 6.07 Å². The van der Waals surface area contributed by atoms with Crippen LogP contribution in [0, 0.1) is 10.1 Å². The van der Waals surface area contributed by atoms with Crippen molar-refractivity contribution >= 4 is 17.5 Å². The first-order chi connectivity index (χ1) is 10.3. The summed E-state index contributed by atoms with van der Waals surface area (Å²) in [7, 11) is 0. The topological polar surface area (TPSA) is 84.7 Å². The number of hydrogen-bond donors (Lipinski definition) is 1. The Labute approximate surface area is 129 Å². The normalized spacial score (nSPS) is 18.1. The van der Waals surface area contributed by atoms with Gasteiger partial charge in [-0.1, -0.05) is 12.1 Å². The van der Waals surface area contributed by atoms with Crippen LogP contribution in [0.2, 0.25) is 0 Å². The number of hydrogen-bond acceptors (Lipinski definition) is 5. The number of anilines is 1. The second kappa shape index (κ2) is 6.21. The van der Waals surface area contributed by atoms with Crippen molar-refractivity contribution in [2.45, 2.75) is 38.8 Å². The number of amides is 1. The molecule has 22 heavy (non-hydrogen) atoms.